The first-order valence-electron chi connectivity index (χ1n) is 6.09. The lowest BCUT2D eigenvalue weighted by Gasteiger charge is -2.38. The van der Waals surface area contributed by atoms with Crippen molar-refractivity contribution < 1.29 is 4.39 Å². The minimum absolute atomic E-state index is 0.210. The molecule has 1 aliphatic rings. The number of aliphatic imine (C=N–C) groups is 1. The Morgan fingerprint density at radius 3 is 2.89 bits per heavy atom. The average molecular weight is 247 g/mol. The first-order chi connectivity index (χ1) is 8.65. The monoisotopic (exact) mass is 247 g/mol. The average Bonchev–Trinajstić information content (AvgIpc) is 2.69. The van der Waals surface area contributed by atoms with Crippen LogP contribution < -0.4 is 5.73 Å². The number of nitrogens with two attached hydrogens (primary N) is 1. The molecule has 2 N–H and O–H groups in total. The zero-order valence-corrected chi connectivity index (χ0v) is 10.6. The van der Waals surface area contributed by atoms with Crippen molar-refractivity contribution in [3.63, 3.8) is 0 Å². The van der Waals surface area contributed by atoms with Gasteiger partial charge < -0.3 is 10.6 Å². The SMILES string of the molecule is C=CCN1C(N)=NCC1(CC)c1ccccc1F. The fourth-order valence-corrected chi connectivity index (χ4v) is 2.56. The van der Waals surface area contributed by atoms with Crippen molar-refractivity contribution in [3.8, 4) is 0 Å². The molecule has 3 nitrogen and oxygen atoms in total. The van der Waals surface area contributed by atoms with E-state index in [9.17, 15) is 4.39 Å². The van der Waals surface area contributed by atoms with Crippen LogP contribution in [0.25, 0.3) is 0 Å². The van der Waals surface area contributed by atoms with Gasteiger partial charge in [0.2, 0.25) is 0 Å². The number of rotatable bonds is 4. The predicted octanol–water partition coefficient (Wildman–Crippen LogP) is 2.25. The molecule has 0 radical (unpaired) electrons. The molecule has 1 unspecified atom stereocenters. The van der Waals surface area contributed by atoms with Crippen LogP contribution in [0, 0.1) is 5.82 Å². The molecule has 0 aromatic heterocycles. The zero-order chi connectivity index (χ0) is 13.2. The zero-order valence-electron chi connectivity index (χ0n) is 10.6. The van der Waals surface area contributed by atoms with Gasteiger partial charge in [-0.2, -0.15) is 0 Å². The Bertz CT molecular complexity index is 484. The van der Waals surface area contributed by atoms with Crippen molar-refractivity contribution in [1.82, 2.24) is 4.90 Å². The smallest absolute Gasteiger partial charge is 0.192 e. The molecule has 0 saturated carbocycles. The van der Waals surface area contributed by atoms with Crippen LogP contribution in [-0.2, 0) is 5.54 Å². The van der Waals surface area contributed by atoms with E-state index in [4.69, 9.17) is 5.73 Å². The molecule has 1 aliphatic heterocycles. The fraction of sp³-hybridized carbons (Fsp3) is 0.357. The quantitative estimate of drug-likeness (QED) is 0.829. The van der Waals surface area contributed by atoms with E-state index in [1.165, 1.54) is 6.07 Å². The van der Waals surface area contributed by atoms with Gasteiger partial charge in [0.25, 0.3) is 0 Å². The number of benzene rings is 1. The predicted molar refractivity (Wildman–Crippen MR) is 71.8 cm³/mol. The van der Waals surface area contributed by atoms with E-state index in [-0.39, 0.29) is 5.82 Å². The maximum absolute atomic E-state index is 14.1. The van der Waals surface area contributed by atoms with Crippen molar-refractivity contribution >= 4 is 5.96 Å². The molecule has 0 aliphatic carbocycles. The second-order valence-corrected chi connectivity index (χ2v) is 4.44. The highest BCUT2D eigenvalue weighted by Crippen LogP contribution is 2.37. The maximum Gasteiger partial charge on any atom is 0.192 e. The van der Waals surface area contributed by atoms with Gasteiger partial charge in [-0.15, -0.1) is 6.58 Å². The molecular weight excluding hydrogens is 229 g/mol. The van der Waals surface area contributed by atoms with Crippen molar-refractivity contribution in [1.29, 1.82) is 0 Å². The van der Waals surface area contributed by atoms with Crippen molar-refractivity contribution in [2.24, 2.45) is 10.7 Å². The Labute approximate surface area is 107 Å². The summed E-state index contributed by atoms with van der Waals surface area (Å²) in [7, 11) is 0. The first kappa shape index (κ1) is 12.6. The lowest BCUT2D eigenvalue weighted by molar-refractivity contribution is 0.204. The summed E-state index contributed by atoms with van der Waals surface area (Å²) < 4.78 is 14.1. The molecule has 1 atom stereocenters. The van der Waals surface area contributed by atoms with Crippen LogP contribution in [0.4, 0.5) is 4.39 Å². The van der Waals surface area contributed by atoms with Gasteiger partial charge in [-0.3, -0.25) is 4.99 Å². The van der Waals surface area contributed by atoms with E-state index in [1.54, 1.807) is 12.1 Å². The van der Waals surface area contributed by atoms with Gasteiger partial charge in [0.15, 0.2) is 5.96 Å². The molecule has 0 bridgehead atoms. The maximum atomic E-state index is 14.1. The molecule has 0 spiro atoms. The summed E-state index contributed by atoms with van der Waals surface area (Å²) in [6.45, 7) is 6.81. The summed E-state index contributed by atoms with van der Waals surface area (Å²) in [5, 5.41) is 0. The van der Waals surface area contributed by atoms with E-state index >= 15 is 0 Å². The Balaban J connectivity index is 2.49. The summed E-state index contributed by atoms with van der Waals surface area (Å²) in [6.07, 6.45) is 2.50. The molecular formula is C14H18FN3. The number of hydrogen-bond donors (Lipinski definition) is 1. The number of guanidine groups is 1. The molecule has 2 rings (SSSR count). The van der Waals surface area contributed by atoms with Crippen LogP contribution in [0.5, 0.6) is 0 Å². The standard InChI is InChI=1S/C14H18FN3/c1-3-9-18-13(16)17-10-14(18,4-2)11-7-5-6-8-12(11)15/h3,5-8H,1,4,9-10H2,2H3,(H2,16,17). The minimum atomic E-state index is -0.483. The molecule has 18 heavy (non-hydrogen) atoms. The third kappa shape index (κ3) is 1.78. The summed E-state index contributed by atoms with van der Waals surface area (Å²) in [6, 6.07) is 6.83. The third-order valence-corrected chi connectivity index (χ3v) is 3.57. The molecule has 4 heteroatoms. The van der Waals surface area contributed by atoms with Crippen molar-refractivity contribution in [2.45, 2.75) is 18.9 Å². The molecule has 0 amide bonds. The van der Waals surface area contributed by atoms with Gasteiger partial charge >= 0.3 is 0 Å². The number of halogens is 1. The van der Waals surface area contributed by atoms with Gasteiger partial charge in [0, 0.05) is 12.1 Å². The fourth-order valence-electron chi connectivity index (χ4n) is 2.56. The molecule has 1 heterocycles. The Kier molecular flexibility index (Phi) is 3.36. The van der Waals surface area contributed by atoms with Crippen molar-refractivity contribution in [2.75, 3.05) is 13.1 Å². The summed E-state index contributed by atoms with van der Waals surface area (Å²) in [5.74, 6) is 0.248. The molecule has 1 aromatic rings. The van der Waals surface area contributed by atoms with E-state index in [0.29, 0.717) is 24.6 Å². The van der Waals surface area contributed by atoms with Crippen LogP contribution >= 0.6 is 0 Å². The Morgan fingerprint density at radius 2 is 2.28 bits per heavy atom. The van der Waals surface area contributed by atoms with Gasteiger partial charge in [-0.25, -0.2) is 4.39 Å². The van der Waals surface area contributed by atoms with Gasteiger partial charge in [-0.1, -0.05) is 31.2 Å². The van der Waals surface area contributed by atoms with E-state index in [1.807, 2.05) is 24.0 Å². The van der Waals surface area contributed by atoms with Crippen LogP contribution in [0.1, 0.15) is 18.9 Å². The lowest BCUT2D eigenvalue weighted by atomic mass is 9.86. The third-order valence-electron chi connectivity index (χ3n) is 3.57. The van der Waals surface area contributed by atoms with Gasteiger partial charge in [-0.05, 0) is 12.5 Å². The summed E-state index contributed by atoms with van der Waals surface area (Å²) >= 11 is 0. The van der Waals surface area contributed by atoms with Crippen molar-refractivity contribution in [3.05, 3.63) is 48.3 Å². The summed E-state index contributed by atoms with van der Waals surface area (Å²) in [5.41, 5.74) is 6.08. The highest BCUT2D eigenvalue weighted by atomic mass is 19.1. The normalized spacial score (nSPS) is 23.0. The molecule has 0 fully saturated rings. The minimum Gasteiger partial charge on any atom is -0.370 e. The summed E-state index contributed by atoms with van der Waals surface area (Å²) in [4.78, 5) is 6.21. The second kappa shape index (κ2) is 4.80. The number of nitrogens with zero attached hydrogens (tertiary/aromatic N) is 2. The lowest BCUT2D eigenvalue weighted by Crippen LogP contribution is -2.49. The van der Waals surface area contributed by atoms with E-state index in [0.717, 1.165) is 6.42 Å². The molecule has 1 aromatic carbocycles. The topological polar surface area (TPSA) is 41.6 Å². The van der Waals surface area contributed by atoms with E-state index < -0.39 is 5.54 Å². The second-order valence-electron chi connectivity index (χ2n) is 4.44. The largest absolute Gasteiger partial charge is 0.370 e. The van der Waals surface area contributed by atoms with Crippen LogP contribution in [0.15, 0.2) is 41.9 Å². The van der Waals surface area contributed by atoms with Crippen LogP contribution in [-0.4, -0.2) is 23.9 Å². The van der Waals surface area contributed by atoms with E-state index in [2.05, 4.69) is 11.6 Å². The highest BCUT2D eigenvalue weighted by Gasteiger charge is 2.43. The molecule has 0 saturated heterocycles. The highest BCUT2D eigenvalue weighted by molar-refractivity contribution is 5.81. The van der Waals surface area contributed by atoms with Gasteiger partial charge in [0.05, 0.1) is 12.1 Å². The van der Waals surface area contributed by atoms with Crippen LogP contribution in [0.2, 0.25) is 0 Å². The first-order valence-corrected chi connectivity index (χ1v) is 6.09. The van der Waals surface area contributed by atoms with Crippen LogP contribution in [0.3, 0.4) is 0 Å². The Hall–Kier alpha value is -1.84. The number of hydrogen-bond acceptors (Lipinski definition) is 3. The van der Waals surface area contributed by atoms with Gasteiger partial charge in [0.1, 0.15) is 5.82 Å². The molecule has 96 valence electrons. The Morgan fingerprint density at radius 1 is 1.56 bits per heavy atom.